The Morgan fingerprint density at radius 1 is 1.48 bits per heavy atom. The molecule has 27 heavy (non-hydrogen) atoms. The van der Waals surface area contributed by atoms with Gasteiger partial charge < -0.3 is 15.5 Å². The Labute approximate surface area is 166 Å². The second kappa shape index (κ2) is 9.07. The highest BCUT2D eigenvalue weighted by Gasteiger charge is 2.26. The lowest BCUT2D eigenvalue weighted by Gasteiger charge is -2.24. The van der Waals surface area contributed by atoms with E-state index in [1.54, 1.807) is 6.20 Å². The zero-order chi connectivity index (χ0) is 20.1. The van der Waals surface area contributed by atoms with Crippen LogP contribution < -0.4 is 20.3 Å². The summed E-state index contributed by atoms with van der Waals surface area (Å²) in [6.07, 6.45) is 3.82. The number of pyridine rings is 1. The van der Waals surface area contributed by atoms with Crippen molar-refractivity contribution in [1.29, 1.82) is 0 Å². The summed E-state index contributed by atoms with van der Waals surface area (Å²) in [6, 6.07) is 3.86. The molecule has 1 saturated heterocycles. The molecule has 2 heterocycles. The largest absolute Gasteiger partial charge is 0.357 e. The molecule has 0 bridgehead atoms. The van der Waals surface area contributed by atoms with Crippen LogP contribution in [-0.2, 0) is 10.0 Å². The van der Waals surface area contributed by atoms with E-state index in [0.29, 0.717) is 24.1 Å². The number of hydrogen-bond acceptors (Lipinski definition) is 5. The van der Waals surface area contributed by atoms with Gasteiger partial charge in [-0.3, -0.25) is 4.99 Å². The maximum Gasteiger partial charge on any atom is 0.209 e. The minimum atomic E-state index is -3.29. The van der Waals surface area contributed by atoms with Gasteiger partial charge in [-0.05, 0) is 39.3 Å². The van der Waals surface area contributed by atoms with Gasteiger partial charge in [-0.25, -0.2) is 18.1 Å². The van der Waals surface area contributed by atoms with Gasteiger partial charge in [0.05, 0.1) is 17.8 Å². The topological polar surface area (TPSA) is 98.7 Å². The van der Waals surface area contributed by atoms with Crippen LogP contribution in [0.5, 0.6) is 0 Å². The third-order valence-corrected chi connectivity index (χ3v) is 5.22. The first-order chi connectivity index (χ1) is 12.6. The molecule has 2 rings (SSSR count). The molecular weight excluding hydrogens is 388 g/mol. The molecular formula is C17H29ClN6O2S. The van der Waals surface area contributed by atoms with E-state index in [1.165, 1.54) is 0 Å². The maximum atomic E-state index is 11.5. The smallest absolute Gasteiger partial charge is 0.209 e. The Kier molecular flexibility index (Phi) is 7.30. The molecule has 3 N–H and O–H groups in total. The number of nitrogens with one attached hydrogen (secondary N) is 3. The van der Waals surface area contributed by atoms with Crippen LogP contribution in [0.2, 0.25) is 5.02 Å². The summed E-state index contributed by atoms with van der Waals surface area (Å²) >= 11 is 6.24. The number of rotatable bonds is 7. The molecule has 1 aromatic heterocycles. The summed E-state index contributed by atoms with van der Waals surface area (Å²) in [5.74, 6) is 1.46. The van der Waals surface area contributed by atoms with Gasteiger partial charge in [0.15, 0.2) is 5.96 Å². The molecule has 1 aliphatic rings. The van der Waals surface area contributed by atoms with Gasteiger partial charge in [-0.2, -0.15) is 0 Å². The Bertz CT molecular complexity index is 768. The molecule has 1 fully saturated rings. The molecule has 0 amide bonds. The Morgan fingerprint density at radius 3 is 2.85 bits per heavy atom. The molecule has 0 aromatic carbocycles. The van der Waals surface area contributed by atoms with Crippen molar-refractivity contribution in [3.8, 4) is 0 Å². The SMILES string of the molecule is CCNC(=NCC(C)(C)NS(C)(=O)=O)NC1CCN(c2ncccc2Cl)C1. The third kappa shape index (κ3) is 7.15. The van der Waals surface area contributed by atoms with Crippen LogP contribution in [0.3, 0.4) is 0 Å². The molecule has 0 spiro atoms. The first-order valence-electron chi connectivity index (χ1n) is 8.99. The average molecular weight is 417 g/mol. The molecule has 0 saturated carbocycles. The van der Waals surface area contributed by atoms with Gasteiger partial charge in [-0.15, -0.1) is 0 Å². The molecule has 152 valence electrons. The van der Waals surface area contributed by atoms with Crippen molar-refractivity contribution in [3.63, 3.8) is 0 Å². The van der Waals surface area contributed by atoms with Gasteiger partial charge in [0.25, 0.3) is 0 Å². The highest BCUT2D eigenvalue weighted by atomic mass is 35.5. The van der Waals surface area contributed by atoms with Gasteiger partial charge in [0.2, 0.25) is 10.0 Å². The normalized spacial score (nSPS) is 18.6. The van der Waals surface area contributed by atoms with Crippen molar-refractivity contribution < 1.29 is 8.42 Å². The van der Waals surface area contributed by atoms with E-state index >= 15 is 0 Å². The molecule has 0 radical (unpaired) electrons. The fourth-order valence-electron chi connectivity index (χ4n) is 3.00. The number of aliphatic imine (C=N–C) groups is 1. The van der Waals surface area contributed by atoms with Crippen LogP contribution in [0.1, 0.15) is 27.2 Å². The lowest BCUT2D eigenvalue weighted by Crippen LogP contribution is -2.48. The minimum absolute atomic E-state index is 0.201. The van der Waals surface area contributed by atoms with Crippen LogP contribution >= 0.6 is 11.6 Å². The molecule has 0 aliphatic carbocycles. The van der Waals surface area contributed by atoms with Crippen molar-refractivity contribution in [3.05, 3.63) is 23.4 Å². The highest BCUT2D eigenvalue weighted by molar-refractivity contribution is 7.88. The second-order valence-electron chi connectivity index (χ2n) is 7.34. The number of aromatic nitrogens is 1. The van der Waals surface area contributed by atoms with Crippen molar-refractivity contribution >= 4 is 33.4 Å². The quantitative estimate of drug-likeness (QED) is 0.456. The zero-order valence-corrected chi connectivity index (χ0v) is 17.9. The van der Waals surface area contributed by atoms with Crippen LogP contribution in [0, 0.1) is 0 Å². The first-order valence-corrected chi connectivity index (χ1v) is 11.3. The van der Waals surface area contributed by atoms with Gasteiger partial charge in [0, 0.05) is 37.4 Å². The lowest BCUT2D eigenvalue weighted by molar-refractivity contribution is 0.464. The summed E-state index contributed by atoms with van der Waals surface area (Å²) in [5, 5.41) is 7.28. The summed E-state index contributed by atoms with van der Waals surface area (Å²) in [4.78, 5) is 11.1. The first kappa shape index (κ1) is 21.7. The van der Waals surface area contributed by atoms with E-state index in [0.717, 1.165) is 31.6 Å². The average Bonchev–Trinajstić information content (AvgIpc) is 2.99. The van der Waals surface area contributed by atoms with Crippen LogP contribution in [-0.4, -0.2) is 63.4 Å². The molecule has 10 heteroatoms. The number of hydrogen-bond donors (Lipinski definition) is 3. The van der Waals surface area contributed by atoms with E-state index < -0.39 is 15.6 Å². The summed E-state index contributed by atoms with van der Waals surface area (Å²) < 4.78 is 25.6. The van der Waals surface area contributed by atoms with E-state index in [-0.39, 0.29) is 6.04 Å². The molecule has 1 aromatic rings. The van der Waals surface area contributed by atoms with Gasteiger partial charge >= 0.3 is 0 Å². The summed E-state index contributed by atoms with van der Waals surface area (Å²) in [7, 11) is -3.29. The van der Waals surface area contributed by atoms with Gasteiger partial charge in [0.1, 0.15) is 5.82 Å². The van der Waals surface area contributed by atoms with Crippen molar-refractivity contribution in [2.75, 3.05) is 37.3 Å². The number of sulfonamides is 1. The van der Waals surface area contributed by atoms with Crippen molar-refractivity contribution in [1.82, 2.24) is 20.3 Å². The monoisotopic (exact) mass is 416 g/mol. The number of anilines is 1. The van der Waals surface area contributed by atoms with E-state index in [1.807, 2.05) is 32.9 Å². The molecule has 1 unspecified atom stereocenters. The fraction of sp³-hybridized carbons (Fsp3) is 0.647. The highest BCUT2D eigenvalue weighted by Crippen LogP contribution is 2.25. The summed E-state index contributed by atoms with van der Waals surface area (Å²) in [6.45, 7) is 8.27. The van der Waals surface area contributed by atoms with E-state index in [2.05, 4.69) is 30.2 Å². The van der Waals surface area contributed by atoms with Crippen molar-refractivity contribution in [2.45, 2.75) is 38.8 Å². The Morgan fingerprint density at radius 2 is 2.22 bits per heavy atom. The van der Waals surface area contributed by atoms with Crippen LogP contribution in [0.15, 0.2) is 23.3 Å². The molecule has 1 aliphatic heterocycles. The zero-order valence-electron chi connectivity index (χ0n) is 16.3. The van der Waals surface area contributed by atoms with Crippen molar-refractivity contribution in [2.24, 2.45) is 4.99 Å². The predicted octanol–water partition coefficient (Wildman–Crippen LogP) is 1.20. The minimum Gasteiger partial charge on any atom is -0.357 e. The van der Waals surface area contributed by atoms with Gasteiger partial charge in [-0.1, -0.05) is 11.6 Å². The fourth-order valence-corrected chi connectivity index (χ4v) is 4.31. The van der Waals surface area contributed by atoms with Crippen LogP contribution in [0.4, 0.5) is 5.82 Å². The molecule has 1 atom stereocenters. The lowest BCUT2D eigenvalue weighted by atomic mass is 10.1. The number of halogens is 1. The second-order valence-corrected chi connectivity index (χ2v) is 9.49. The number of nitrogens with zero attached hydrogens (tertiary/aromatic N) is 3. The van der Waals surface area contributed by atoms with Crippen LogP contribution in [0.25, 0.3) is 0 Å². The maximum absolute atomic E-state index is 11.5. The van der Waals surface area contributed by atoms with E-state index in [9.17, 15) is 8.42 Å². The Hall–Kier alpha value is -1.58. The Balaban J connectivity index is 1.99. The van der Waals surface area contributed by atoms with E-state index in [4.69, 9.17) is 11.6 Å². The molecule has 8 nitrogen and oxygen atoms in total. The third-order valence-electron chi connectivity index (χ3n) is 4.01. The number of guanidine groups is 1. The summed E-state index contributed by atoms with van der Waals surface area (Å²) in [5.41, 5.74) is -0.668. The predicted molar refractivity (Wildman–Crippen MR) is 111 cm³/mol. The standard InChI is InChI=1S/C17H29ClN6O2S/c1-5-19-16(21-12-17(2,3)23-27(4,25)26)22-13-8-10-24(11-13)15-14(18)7-6-9-20-15/h6-7,9,13,23H,5,8,10-12H2,1-4H3,(H2,19,21,22).